The lowest BCUT2D eigenvalue weighted by Gasteiger charge is -2.20. The zero-order valence-electron chi connectivity index (χ0n) is 15.7. The maximum Gasteiger partial charge on any atom is 0.255 e. The summed E-state index contributed by atoms with van der Waals surface area (Å²) < 4.78 is 1.53. The average Bonchev–Trinajstić information content (AvgIpc) is 3.15. The van der Waals surface area contributed by atoms with Crippen molar-refractivity contribution in [2.24, 2.45) is 0 Å². The third kappa shape index (κ3) is 4.75. The average molecular weight is 398 g/mol. The number of anilines is 1. The molecule has 0 aliphatic heterocycles. The summed E-state index contributed by atoms with van der Waals surface area (Å²) in [7, 11) is 0. The molecule has 0 atom stereocenters. The molecule has 0 fully saturated rings. The fourth-order valence-corrected chi connectivity index (χ4v) is 2.69. The molecule has 0 aliphatic rings. The van der Waals surface area contributed by atoms with Crippen LogP contribution in [0.1, 0.15) is 41.5 Å². The highest BCUT2D eigenvalue weighted by Gasteiger charge is 2.16. The normalized spacial score (nSPS) is 11.1. The van der Waals surface area contributed by atoms with Gasteiger partial charge < -0.3 is 10.6 Å². The topological polar surface area (TPSA) is 88.9 Å². The van der Waals surface area contributed by atoms with Gasteiger partial charge in [0.05, 0.1) is 11.4 Å². The van der Waals surface area contributed by atoms with Gasteiger partial charge in [-0.3, -0.25) is 9.59 Å². The molecule has 2 N–H and O–H groups in total. The Hall–Kier alpha value is -3.19. The minimum atomic E-state index is -0.336. The van der Waals surface area contributed by atoms with E-state index in [1.54, 1.807) is 42.5 Å². The minimum Gasteiger partial charge on any atom is -0.347 e. The van der Waals surface area contributed by atoms with Crippen LogP contribution in [0.2, 0.25) is 5.02 Å². The third-order valence-electron chi connectivity index (χ3n) is 3.77. The maximum atomic E-state index is 12.7. The maximum absolute atomic E-state index is 12.7. The lowest BCUT2D eigenvalue weighted by Crippen LogP contribution is -2.40. The summed E-state index contributed by atoms with van der Waals surface area (Å²) in [5.74, 6) is -0.519. The van der Waals surface area contributed by atoms with E-state index >= 15 is 0 Å². The van der Waals surface area contributed by atoms with Gasteiger partial charge in [0, 0.05) is 21.7 Å². The van der Waals surface area contributed by atoms with Crippen LogP contribution in [0.3, 0.4) is 0 Å². The van der Waals surface area contributed by atoms with Gasteiger partial charge in [0.15, 0.2) is 0 Å². The molecule has 0 saturated carbocycles. The number of benzene rings is 2. The Morgan fingerprint density at radius 2 is 1.64 bits per heavy atom. The smallest absolute Gasteiger partial charge is 0.255 e. The summed E-state index contributed by atoms with van der Waals surface area (Å²) in [5.41, 5.74) is 1.70. The Balaban J connectivity index is 1.79. The van der Waals surface area contributed by atoms with Gasteiger partial charge in [-0.1, -0.05) is 11.6 Å². The third-order valence-corrected chi connectivity index (χ3v) is 4.01. The molecule has 28 heavy (non-hydrogen) atoms. The second kappa shape index (κ2) is 7.82. The zero-order valence-corrected chi connectivity index (χ0v) is 16.5. The number of carbonyl (C=O) groups excluding carboxylic acids is 2. The van der Waals surface area contributed by atoms with Crippen LogP contribution in [0.25, 0.3) is 5.69 Å². The number of carbonyl (C=O) groups is 2. The Labute approximate surface area is 167 Å². The summed E-state index contributed by atoms with van der Waals surface area (Å²) in [6, 6.07) is 11.5. The van der Waals surface area contributed by atoms with Crippen LogP contribution >= 0.6 is 11.6 Å². The van der Waals surface area contributed by atoms with Crippen LogP contribution in [0.5, 0.6) is 0 Å². The number of hydrogen-bond donors (Lipinski definition) is 2. The summed E-state index contributed by atoms with van der Waals surface area (Å²) in [6.45, 7) is 5.72. The molecule has 0 spiro atoms. The molecule has 7 nitrogen and oxygen atoms in total. The van der Waals surface area contributed by atoms with E-state index in [0.29, 0.717) is 27.5 Å². The van der Waals surface area contributed by atoms with Crippen LogP contribution in [0.4, 0.5) is 5.69 Å². The van der Waals surface area contributed by atoms with Gasteiger partial charge in [-0.05, 0) is 63.2 Å². The summed E-state index contributed by atoms with van der Waals surface area (Å²) in [6.07, 6.45) is 2.93. The van der Waals surface area contributed by atoms with E-state index in [2.05, 4.69) is 20.7 Å². The molecule has 144 valence electrons. The van der Waals surface area contributed by atoms with Crippen molar-refractivity contribution in [3.05, 3.63) is 71.3 Å². The van der Waals surface area contributed by atoms with Gasteiger partial charge in [0.1, 0.15) is 12.7 Å². The molecule has 2 amide bonds. The largest absolute Gasteiger partial charge is 0.347 e. The van der Waals surface area contributed by atoms with E-state index in [4.69, 9.17) is 11.6 Å². The van der Waals surface area contributed by atoms with Crippen molar-refractivity contribution in [3.8, 4) is 5.69 Å². The Morgan fingerprint density at radius 1 is 1.00 bits per heavy atom. The summed E-state index contributed by atoms with van der Waals surface area (Å²) >= 11 is 6.07. The lowest BCUT2D eigenvalue weighted by atomic mass is 10.1. The van der Waals surface area contributed by atoms with E-state index in [1.165, 1.54) is 17.3 Å². The van der Waals surface area contributed by atoms with Gasteiger partial charge in [0.25, 0.3) is 11.8 Å². The summed E-state index contributed by atoms with van der Waals surface area (Å²) in [5, 5.41) is 10.3. The van der Waals surface area contributed by atoms with Crippen LogP contribution < -0.4 is 10.6 Å². The van der Waals surface area contributed by atoms with E-state index in [0.717, 1.165) is 0 Å². The van der Waals surface area contributed by atoms with Crippen LogP contribution in [-0.4, -0.2) is 32.1 Å². The predicted molar refractivity (Wildman–Crippen MR) is 108 cm³/mol. The van der Waals surface area contributed by atoms with Gasteiger partial charge in [-0.15, -0.1) is 0 Å². The van der Waals surface area contributed by atoms with Crippen molar-refractivity contribution < 1.29 is 9.59 Å². The number of rotatable bonds is 4. The number of hydrogen-bond acceptors (Lipinski definition) is 4. The quantitative estimate of drug-likeness (QED) is 0.702. The van der Waals surface area contributed by atoms with Crippen LogP contribution in [0, 0.1) is 0 Å². The molecule has 0 saturated heterocycles. The second-order valence-electron chi connectivity index (χ2n) is 7.24. The molecule has 0 aliphatic carbocycles. The summed E-state index contributed by atoms with van der Waals surface area (Å²) in [4.78, 5) is 28.8. The first kappa shape index (κ1) is 19.6. The molecule has 1 aromatic heterocycles. The van der Waals surface area contributed by atoms with Crippen molar-refractivity contribution in [1.29, 1.82) is 0 Å². The Bertz CT molecular complexity index is 992. The molecule has 1 heterocycles. The fraction of sp³-hybridized carbons (Fsp3) is 0.200. The number of aromatic nitrogens is 3. The van der Waals surface area contributed by atoms with Crippen LogP contribution in [0.15, 0.2) is 55.1 Å². The van der Waals surface area contributed by atoms with Crippen molar-refractivity contribution in [2.75, 3.05) is 5.32 Å². The zero-order chi connectivity index (χ0) is 20.3. The van der Waals surface area contributed by atoms with Gasteiger partial charge in [-0.2, -0.15) is 5.10 Å². The number of amides is 2. The number of nitrogens with one attached hydrogen (secondary N) is 2. The molecular formula is C20H20ClN5O2. The first-order valence-electron chi connectivity index (χ1n) is 8.61. The molecular weight excluding hydrogens is 378 g/mol. The number of halogens is 1. The van der Waals surface area contributed by atoms with Crippen molar-refractivity contribution in [1.82, 2.24) is 20.1 Å². The minimum absolute atomic E-state index is 0.192. The van der Waals surface area contributed by atoms with E-state index in [-0.39, 0.29) is 17.4 Å². The molecule has 3 aromatic rings. The predicted octanol–water partition coefficient (Wildman–Crippen LogP) is 3.70. The monoisotopic (exact) mass is 397 g/mol. The highest BCUT2D eigenvalue weighted by molar-refractivity contribution is 6.31. The van der Waals surface area contributed by atoms with Crippen LogP contribution in [-0.2, 0) is 0 Å². The van der Waals surface area contributed by atoms with E-state index in [1.807, 2.05) is 20.8 Å². The Kier molecular flexibility index (Phi) is 5.46. The van der Waals surface area contributed by atoms with Crippen molar-refractivity contribution >= 4 is 29.1 Å². The van der Waals surface area contributed by atoms with Crippen molar-refractivity contribution in [2.45, 2.75) is 26.3 Å². The highest BCUT2D eigenvalue weighted by Crippen LogP contribution is 2.24. The SMILES string of the molecule is CC(C)(C)NC(=O)c1ccc(C(=O)Nc2cc(Cl)ccc2-n2cncn2)cc1. The standard InChI is InChI=1S/C20H20ClN5O2/c1-20(2,3)25-19(28)14-6-4-13(5-7-14)18(27)24-16-10-15(21)8-9-17(16)26-12-22-11-23-26/h4-12H,1-3H3,(H,24,27)(H,25,28). The Morgan fingerprint density at radius 3 is 2.21 bits per heavy atom. The molecule has 0 radical (unpaired) electrons. The first-order chi connectivity index (χ1) is 13.2. The van der Waals surface area contributed by atoms with Gasteiger partial charge >= 0.3 is 0 Å². The second-order valence-corrected chi connectivity index (χ2v) is 7.67. The van der Waals surface area contributed by atoms with Gasteiger partial charge in [0.2, 0.25) is 0 Å². The van der Waals surface area contributed by atoms with Gasteiger partial charge in [-0.25, -0.2) is 9.67 Å². The molecule has 2 aromatic carbocycles. The lowest BCUT2D eigenvalue weighted by molar-refractivity contribution is 0.0918. The highest BCUT2D eigenvalue weighted by atomic mass is 35.5. The molecule has 8 heteroatoms. The fourth-order valence-electron chi connectivity index (χ4n) is 2.52. The first-order valence-corrected chi connectivity index (χ1v) is 8.99. The van der Waals surface area contributed by atoms with E-state index in [9.17, 15) is 9.59 Å². The van der Waals surface area contributed by atoms with Crippen molar-refractivity contribution in [3.63, 3.8) is 0 Å². The number of nitrogens with zero attached hydrogens (tertiary/aromatic N) is 3. The molecule has 0 bridgehead atoms. The van der Waals surface area contributed by atoms with E-state index < -0.39 is 0 Å². The molecule has 0 unspecified atom stereocenters. The molecule has 3 rings (SSSR count).